The van der Waals surface area contributed by atoms with Gasteiger partial charge in [-0.15, -0.1) is 0 Å². The first-order chi connectivity index (χ1) is 11.7. The zero-order chi connectivity index (χ0) is 16.5. The summed E-state index contributed by atoms with van der Waals surface area (Å²) in [6, 6.07) is 5.44. The van der Waals surface area contributed by atoms with E-state index in [0.29, 0.717) is 23.6 Å². The molecular formula is C18H20N4O2. The third-order valence-corrected chi connectivity index (χ3v) is 4.38. The molecule has 0 unspecified atom stereocenters. The van der Waals surface area contributed by atoms with Crippen molar-refractivity contribution in [3.63, 3.8) is 0 Å². The molecule has 0 spiro atoms. The average Bonchev–Trinajstić information content (AvgIpc) is 3.22. The standard InChI is InChI=1S/C18H20N4O2/c1-12-19-8-10-22(12)9-2-7-20-17(23)14-5-6-15-16(11-14)24-18(21-15)13-3-4-13/h5-6,8,10-11,13H,2-4,7,9H2,1H3,(H,20,23). The number of benzene rings is 1. The van der Waals surface area contributed by atoms with Gasteiger partial charge in [0.25, 0.3) is 5.91 Å². The summed E-state index contributed by atoms with van der Waals surface area (Å²) in [5, 5.41) is 2.95. The summed E-state index contributed by atoms with van der Waals surface area (Å²) < 4.78 is 7.84. The summed E-state index contributed by atoms with van der Waals surface area (Å²) in [5.41, 5.74) is 2.13. The molecule has 1 aliphatic rings. The molecule has 6 heteroatoms. The number of fused-ring (bicyclic) bond motifs is 1. The van der Waals surface area contributed by atoms with Crippen LogP contribution in [0.4, 0.5) is 0 Å². The van der Waals surface area contributed by atoms with Crippen LogP contribution in [0.25, 0.3) is 11.1 Å². The Morgan fingerprint density at radius 1 is 1.42 bits per heavy atom. The van der Waals surface area contributed by atoms with Crippen molar-refractivity contribution in [3.05, 3.63) is 47.9 Å². The maximum atomic E-state index is 12.3. The molecule has 24 heavy (non-hydrogen) atoms. The van der Waals surface area contributed by atoms with Crippen LogP contribution in [-0.2, 0) is 6.54 Å². The minimum Gasteiger partial charge on any atom is -0.440 e. The van der Waals surface area contributed by atoms with Crippen LogP contribution in [0.15, 0.2) is 35.0 Å². The molecule has 4 rings (SSSR count). The summed E-state index contributed by atoms with van der Waals surface area (Å²) in [6.45, 7) is 3.44. The van der Waals surface area contributed by atoms with E-state index in [2.05, 4.69) is 19.9 Å². The van der Waals surface area contributed by atoms with E-state index in [1.54, 1.807) is 18.3 Å². The number of imidazole rings is 1. The number of hydrogen-bond donors (Lipinski definition) is 1. The number of aromatic nitrogens is 3. The van der Waals surface area contributed by atoms with Crippen LogP contribution in [-0.4, -0.2) is 27.0 Å². The first-order valence-electron chi connectivity index (χ1n) is 8.37. The minimum atomic E-state index is -0.0800. The quantitative estimate of drug-likeness (QED) is 0.707. The van der Waals surface area contributed by atoms with Crippen LogP contribution in [0.2, 0.25) is 0 Å². The van der Waals surface area contributed by atoms with Crippen LogP contribution in [0.5, 0.6) is 0 Å². The van der Waals surface area contributed by atoms with Gasteiger partial charge in [-0.3, -0.25) is 4.79 Å². The molecule has 6 nitrogen and oxygen atoms in total. The maximum absolute atomic E-state index is 12.3. The van der Waals surface area contributed by atoms with Crippen molar-refractivity contribution < 1.29 is 9.21 Å². The molecule has 0 atom stereocenters. The van der Waals surface area contributed by atoms with E-state index in [-0.39, 0.29) is 5.91 Å². The van der Waals surface area contributed by atoms with Crippen LogP contribution in [0, 0.1) is 6.92 Å². The van der Waals surface area contributed by atoms with Gasteiger partial charge in [0.2, 0.25) is 0 Å². The van der Waals surface area contributed by atoms with Crippen molar-refractivity contribution in [2.75, 3.05) is 6.54 Å². The molecular weight excluding hydrogens is 304 g/mol. The summed E-state index contributed by atoms with van der Waals surface area (Å²) in [4.78, 5) is 20.9. The minimum absolute atomic E-state index is 0.0800. The van der Waals surface area contributed by atoms with Gasteiger partial charge in [0.15, 0.2) is 11.5 Å². The summed E-state index contributed by atoms with van der Waals surface area (Å²) >= 11 is 0. The maximum Gasteiger partial charge on any atom is 0.251 e. The fraction of sp³-hybridized carbons (Fsp3) is 0.389. The van der Waals surface area contributed by atoms with E-state index in [1.165, 1.54) is 0 Å². The monoisotopic (exact) mass is 324 g/mol. The molecule has 3 aromatic rings. The van der Waals surface area contributed by atoms with Crippen LogP contribution in [0.3, 0.4) is 0 Å². The van der Waals surface area contributed by atoms with Crippen LogP contribution >= 0.6 is 0 Å². The van der Waals surface area contributed by atoms with Gasteiger partial charge < -0.3 is 14.3 Å². The zero-order valence-corrected chi connectivity index (χ0v) is 13.7. The summed E-state index contributed by atoms with van der Waals surface area (Å²) in [5.74, 6) is 2.19. The smallest absolute Gasteiger partial charge is 0.251 e. The van der Waals surface area contributed by atoms with Gasteiger partial charge in [-0.25, -0.2) is 9.97 Å². The fourth-order valence-electron chi connectivity index (χ4n) is 2.78. The number of hydrogen-bond acceptors (Lipinski definition) is 4. The Kier molecular flexibility index (Phi) is 3.80. The van der Waals surface area contributed by atoms with Crippen molar-refractivity contribution >= 4 is 17.0 Å². The predicted octanol–water partition coefficient (Wildman–Crippen LogP) is 3.03. The topological polar surface area (TPSA) is 73.0 Å². The normalized spacial score (nSPS) is 14.2. The third kappa shape index (κ3) is 3.04. The number of rotatable bonds is 6. The fourth-order valence-corrected chi connectivity index (χ4v) is 2.78. The van der Waals surface area contributed by atoms with Crippen molar-refractivity contribution in [3.8, 4) is 0 Å². The summed E-state index contributed by atoms with van der Waals surface area (Å²) in [6.07, 6.45) is 6.90. The van der Waals surface area contributed by atoms with Gasteiger partial charge in [0.05, 0.1) is 0 Å². The Morgan fingerprint density at radius 2 is 2.29 bits per heavy atom. The lowest BCUT2D eigenvalue weighted by atomic mass is 10.2. The second-order valence-electron chi connectivity index (χ2n) is 6.29. The molecule has 0 radical (unpaired) electrons. The first-order valence-corrected chi connectivity index (χ1v) is 8.37. The highest BCUT2D eigenvalue weighted by molar-refractivity contribution is 5.97. The number of carbonyl (C=O) groups excluding carboxylic acids is 1. The lowest BCUT2D eigenvalue weighted by Gasteiger charge is -2.07. The molecule has 1 amide bonds. The van der Waals surface area contributed by atoms with Crippen molar-refractivity contribution in [2.24, 2.45) is 0 Å². The SMILES string of the molecule is Cc1nccn1CCCNC(=O)c1ccc2nc(C3CC3)oc2c1. The molecule has 1 aromatic carbocycles. The largest absolute Gasteiger partial charge is 0.440 e. The van der Waals surface area contributed by atoms with E-state index in [0.717, 1.165) is 43.0 Å². The Balaban J connectivity index is 1.35. The van der Waals surface area contributed by atoms with E-state index in [1.807, 2.05) is 19.2 Å². The number of oxazole rings is 1. The molecule has 1 saturated carbocycles. The van der Waals surface area contributed by atoms with E-state index in [9.17, 15) is 4.79 Å². The molecule has 124 valence electrons. The van der Waals surface area contributed by atoms with Crippen molar-refractivity contribution in [1.82, 2.24) is 19.9 Å². The van der Waals surface area contributed by atoms with Crippen LogP contribution in [0.1, 0.15) is 47.3 Å². The lowest BCUT2D eigenvalue weighted by Crippen LogP contribution is -2.25. The molecule has 1 fully saturated rings. The van der Waals surface area contributed by atoms with Gasteiger partial charge in [0, 0.05) is 37.0 Å². The Hall–Kier alpha value is -2.63. The second kappa shape index (κ2) is 6.11. The van der Waals surface area contributed by atoms with E-state index in [4.69, 9.17) is 4.42 Å². The lowest BCUT2D eigenvalue weighted by molar-refractivity contribution is 0.0952. The highest BCUT2D eigenvalue weighted by atomic mass is 16.3. The third-order valence-electron chi connectivity index (χ3n) is 4.38. The van der Waals surface area contributed by atoms with Gasteiger partial charge in [-0.1, -0.05) is 0 Å². The Morgan fingerprint density at radius 3 is 3.04 bits per heavy atom. The second-order valence-corrected chi connectivity index (χ2v) is 6.29. The molecule has 1 aliphatic carbocycles. The van der Waals surface area contributed by atoms with Gasteiger partial charge in [-0.05, 0) is 44.4 Å². The number of nitrogens with zero attached hydrogens (tertiary/aromatic N) is 3. The summed E-state index contributed by atoms with van der Waals surface area (Å²) in [7, 11) is 0. The Bertz CT molecular complexity index is 876. The van der Waals surface area contributed by atoms with Crippen LogP contribution < -0.4 is 5.32 Å². The highest BCUT2D eigenvalue weighted by Crippen LogP contribution is 2.40. The van der Waals surface area contributed by atoms with Crippen molar-refractivity contribution in [2.45, 2.75) is 38.6 Å². The number of amides is 1. The average molecular weight is 324 g/mol. The number of nitrogens with one attached hydrogen (secondary N) is 1. The van der Waals surface area contributed by atoms with E-state index >= 15 is 0 Å². The first kappa shape index (κ1) is 14.9. The highest BCUT2D eigenvalue weighted by Gasteiger charge is 2.29. The zero-order valence-electron chi connectivity index (χ0n) is 13.7. The predicted molar refractivity (Wildman–Crippen MR) is 89.9 cm³/mol. The molecule has 0 saturated heterocycles. The Labute approximate surface area is 139 Å². The van der Waals surface area contributed by atoms with Gasteiger partial charge in [0.1, 0.15) is 11.3 Å². The number of carbonyl (C=O) groups is 1. The molecule has 0 aliphatic heterocycles. The molecule has 1 N–H and O–H groups in total. The van der Waals surface area contributed by atoms with Gasteiger partial charge >= 0.3 is 0 Å². The van der Waals surface area contributed by atoms with E-state index < -0.39 is 0 Å². The van der Waals surface area contributed by atoms with Gasteiger partial charge in [-0.2, -0.15) is 0 Å². The molecule has 2 heterocycles. The molecule has 2 aromatic heterocycles. The van der Waals surface area contributed by atoms with Crippen molar-refractivity contribution in [1.29, 1.82) is 0 Å². The molecule has 0 bridgehead atoms. The number of aryl methyl sites for hydroxylation is 2.